The fourth-order valence-electron chi connectivity index (χ4n) is 3.28. The number of carbonyl (C=O) groups excluding carboxylic acids is 1. The van der Waals surface area contributed by atoms with Gasteiger partial charge in [-0.15, -0.1) is 0 Å². The van der Waals surface area contributed by atoms with Crippen molar-refractivity contribution in [2.45, 2.75) is 71.4 Å². The fourth-order valence-corrected chi connectivity index (χ4v) is 3.28. The number of urea groups is 1. The van der Waals surface area contributed by atoms with Crippen LogP contribution < -0.4 is 27.2 Å². The van der Waals surface area contributed by atoms with E-state index in [0.29, 0.717) is 6.54 Å². The Morgan fingerprint density at radius 3 is 2.56 bits per heavy atom. The Morgan fingerprint density at radius 2 is 1.96 bits per heavy atom. The van der Waals surface area contributed by atoms with Gasteiger partial charge < -0.3 is 11.1 Å². The van der Waals surface area contributed by atoms with Crippen LogP contribution in [-0.2, 0) is 6.54 Å². The molecular formula is C17H29N5O3. The average Bonchev–Trinajstić information content (AvgIpc) is 2.59. The zero-order chi connectivity index (χ0) is 18.4. The Labute approximate surface area is 147 Å². The van der Waals surface area contributed by atoms with Crippen LogP contribution in [0.3, 0.4) is 0 Å². The lowest BCUT2D eigenvalue weighted by molar-refractivity contribution is 0.238. The van der Waals surface area contributed by atoms with Crippen LogP contribution in [0.1, 0.15) is 58.8 Å². The van der Waals surface area contributed by atoms with E-state index in [1.54, 1.807) is 6.92 Å². The summed E-state index contributed by atoms with van der Waals surface area (Å²) in [6, 6.07) is -0.214. The van der Waals surface area contributed by atoms with Crippen LogP contribution in [0.5, 0.6) is 0 Å². The van der Waals surface area contributed by atoms with E-state index in [4.69, 9.17) is 5.73 Å². The minimum atomic E-state index is -0.629. The number of hydrogen-bond donors (Lipinski definition) is 3. The average molecular weight is 351 g/mol. The number of aromatic nitrogens is 2. The zero-order valence-electron chi connectivity index (χ0n) is 15.1. The molecule has 1 fully saturated rings. The number of hydrogen-bond acceptors (Lipinski definition) is 4. The Balaban J connectivity index is 2.30. The molecule has 25 heavy (non-hydrogen) atoms. The molecule has 1 aromatic rings. The number of nitrogens with one attached hydrogen (secondary N) is 2. The molecule has 0 atom stereocenters. The van der Waals surface area contributed by atoms with Crippen molar-refractivity contribution in [2.24, 2.45) is 0 Å². The molecule has 2 amide bonds. The summed E-state index contributed by atoms with van der Waals surface area (Å²) in [7, 11) is 0. The minimum Gasteiger partial charge on any atom is -0.383 e. The number of amides is 2. The summed E-state index contributed by atoms with van der Waals surface area (Å²) >= 11 is 0. The molecular weight excluding hydrogens is 322 g/mol. The van der Waals surface area contributed by atoms with E-state index >= 15 is 0 Å². The first-order valence-electron chi connectivity index (χ1n) is 9.20. The van der Waals surface area contributed by atoms with Crippen molar-refractivity contribution >= 4 is 17.5 Å². The van der Waals surface area contributed by atoms with Crippen molar-refractivity contribution in [2.75, 3.05) is 17.2 Å². The van der Waals surface area contributed by atoms with Crippen LogP contribution in [0.2, 0.25) is 0 Å². The van der Waals surface area contributed by atoms with E-state index in [0.717, 1.165) is 38.5 Å². The van der Waals surface area contributed by atoms with E-state index in [1.807, 2.05) is 6.92 Å². The number of nitrogens with zero attached hydrogens (tertiary/aromatic N) is 2. The molecule has 1 aliphatic carbocycles. The minimum absolute atomic E-state index is 0.0443. The summed E-state index contributed by atoms with van der Waals surface area (Å²) in [5.41, 5.74) is 4.97. The number of nitrogens with two attached hydrogens (primary N) is 1. The molecule has 0 radical (unpaired) electrons. The number of rotatable bonds is 6. The number of unbranched alkanes of at least 4 members (excludes halogenated alkanes) is 1. The highest BCUT2D eigenvalue weighted by Crippen LogP contribution is 2.20. The monoisotopic (exact) mass is 351 g/mol. The molecule has 4 N–H and O–H groups in total. The van der Waals surface area contributed by atoms with E-state index < -0.39 is 11.2 Å². The molecule has 1 heterocycles. The van der Waals surface area contributed by atoms with Crippen LogP contribution in [0, 0.1) is 0 Å². The predicted octanol–water partition coefficient (Wildman–Crippen LogP) is 1.79. The lowest BCUT2D eigenvalue weighted by atomic mass is 9.96. The summed E-state index contributed by atoms with van der Waals surface area (Å²) < 4.78 is 1.33. The normalized spacial score (nSPS) is 15.1. The van der Waals surface area contributed by atoms with Crippen molar-refractivity contribution < 1.29 is 4.79 Å². The SMILES string of the molecule is CCCCn1c(N)c(N(CC)C(=O)NC2CCCCC2)c(=O)[nH]c1=O. The molecule has 2 rings (SSSR count). The van der Waals surface area contributed by atoms with Gasteiger partial charge in [0.15, 0.2) is 5.69 Å². The summed E-state index contributed by atoms with van der Waals surface area (Å²) in [5, 5.41) is 2.99. The summed E-state index contributed by atoms with van der Waals surface area (Å²) in [6.45, 7) is 4.48. The van der Waals surface area contributed by atoms with Gasteiger partial charge in [-0.25, -0.2) is 9.59 Å². The third kappa shape index (κ3) is 4.43. The zero-order valence-corrected chi connectivity index (χ0v) is 15.1. The Kier molecular flexibility index (Phi) is 6.66. The van der Waals surface area contributed by atoms with Gasteiger partial charge in [-0.2, -0.15) is 0 Å². The molecule has 0 spiro atoms. The Morgan fingerprint density at radius 1 is 1.28 bits per heavy atom. The van der Waals surface area contributed by atoms with Crippen molar-refractivity contribution in [3.8, 4) is 0 Å². The molecule has 0 bridgehead atoms. The molecule has 0 saturated heterocycles. The maximum Gasteiger partial charge on any atom is 0.330 e. The van der Waals surface area contributed by atoms with Gasteiger partial charge in [0.05, 0.1) is 0 Å². The van der Waals surface area contributed by atoms with Gasteiger partial charge in [-0.1, -0.05) is 32.6 Å². The second kappa shape index (κ2) is 8.73. The van der Waals surface area contributed by atoms with Crippen LogP contribution >= 0.6 is 0 Å². The van der Waals surface area contributed by atoms with Gasteiger partial charge in [-0.3, -0.25) is 19.2 Å². The molecule has 1 saturated carbocycles. The second-order valence-electron chi connectivity index (χ2n) is 6.53. The van der Waals surface area contributed by atoms with Crippen molar-refractivity contribution in [1.82, 2.24) is 14.9 Å². The van der Waals surface area contributed by atoms with Crippen LogP contribution in [0.25, 0.3) is 0 Å². The molecule has 0 unspecified atom stereocenters. The lowest BCUT2D eigenvalue weighted by Gasteiger charge is -2.28. The number of nitrogen functional groups attached to an aromatic ring is 1. The standard InChI is InChI=1S/C17H29N5O3/c1-3-5-11-22-14(18)13(15(23)20-17(22)25)21(4-2)16(24)19-12-9-7-6-8-10-12/h12H,3-11,18H2,1-2H3,(H,19,24)(H,20,23,25). The fraction of sp³-hybridized carbons (Fsp3) is 0.706. The Bertz CT molecular complexity index is 703. The topological polar surface area (TPSA) is 113 Å². The largest absolute Gasteiger partial charge is 0.383 e. The van der Waals surface area contributed by atoms with Crippen LogP contribution in [0.4, 0.5) is 16.3 Å². The van der Waals surface area contributed by atoms with E-state index in [2.05, 4.69) is 10.3 Å². The third-order valence-electron chi connectivity index (χ3n) is 4.71. The van der Waals surface area contributed by atoms with Crippen LogP contribution in [-0.4, -0.2) is 28.2 Å². The van der Waals surface area contributed by atoms with Crippen molar-refractivity contribution in [3.05, 3.63) is 20.8 Å². The molecule has 0 aromatic carbocycles. The third-order valence-corrected chi connectivity index (χ3v) is 4.71. The molecule has 0 aliphatic heterocycles. The van der Waals surface area contributed by atoms with Crippen molar-refractivity contribution in [3.63, 3.8) is 0 Å². The Hall–Kier alpha value is -2.25. The molecule has 8 nitrogen and oxygen atoms in total. The highest BCUT2D eigenvalue weighted by Gasteiger charge is 2.25. The maximum atomic E-state index is 12.7. The second-order valence-corrected chi connectivity index (χ2v) is 6.53. The predicted molar refractivity (Wildman–Crippen MR) is 99.1 cm³/mol. The molecule has 1 aliphatic rings. The quantitative estimate of drug-likeness (QED) is 0.725. The molecule has 8 heteroatoms. The van der Waals surface area contributed by atoms with Crippen molar-refractivity contribution in [1.29, 1.82) is 0 Å². The molecule has 1 aromatic heterocycles. The highest BCUT2D eigenvalue weighted by molar-refractivity contribution is 5.94. The first kappa shape index (κ1) is 19.1. The van der Waals surface area contributed by atoms with Gasteiger partial charge in [0.1, 0.15) is 5.82 Å². The smallest absolute Gasteiger partial charge is 0.330 e. The first-order chi connectivity index (χ1) is 12.0. The lowest BCUT2D eigenvalue weighted by Crippen LogP contribution is -2.48. The van der Waals surface area contributed by atoms with Gasteiger partial charge in [0, 0.05) is 19.1 Å². The summed E-state index contributed by atoms with van der Waals surface area (Å²) in [6.07, 6.45) is 6.94. The number of carbonyl (C=O) groups is 1. The number of H-pyrrole nitrogens is 1. The van der Waals surface area contributed by atoms with E-state index in [9.17, 15) is 14.4 Å². The number of anilines is 2. The molecule has 140 valence electrons. The highest BCUT2D eigenvalue weighted by atomic mass is 16.2. The van der Waals surface area contributed by atoms with Gasteiger partial charge in [0.25, 0.3) is 5.56 Å². The van der Waals surface area contributed by atoms with Gasteiger partial charge >= 0.3 is 11.7 Å². The van der Waals surface area contributed by atoms with Gasteiger partial charge in [0.2, 0.25) is 0 Å². The number of aromatic amines is 1. The van der Waals surface area contributed by atoms with Crippen LogP contribution in [0.15, 0.2) is 9.59 Å². The van der Waals surface area contributed by atoms with E-state index in [-0.39, 0.29) is 30.1 Å². The van der Waals surface area contributed by atoms with Gasteiger partial charge in [-0.05, 0) is 26.2 Å². The summed E-state index contributed by atoms with van der Waals surface area (Å²) in [4.78, 5) is 40.6. The summed E-state index contributed by atoms with van der Waals surface area (Å²) in [5.74, 6) is 0.0443. The van der Waals surface area contributed by atoms with E-state index in [1.165, 1.54) is 15.9 Å². The first-order valence-corrected chi connectivity index (χ1v) is 9.20. The maximum absolute atomic E-state index is 12.7.